The summed E-state index contributed by atoms with van der Waals surface area (Å²) in [4.78, 5) is 28.1. The van der Waals surface area contributed by atoms with Crippen LogP contribution >= 0.6 is 12.2 Å². The number of aromatic amines is 1. The molecule has 0 radical (unpaired) electrons. The van der Waals surface area contributed by atoms with Gasteiger partial charge in [-0.25, -0.2) is 0 Å². The van der Waals surface area contributed by atoms with E-state index < -0.39 is 0 Å². The van der Waals surface area contributed by atoms with Crippen molar-refractivity contribution in [1.82, 2.24) is 14.9 Å². The fraction of sp³-hybridized carbons (Fsp3) is 0.526. The highest BCUT2D eigenvalue weighted by Crippen LogP contribution is 2.13. The number of fused-ring (bicyclic) bond motifs is 1. The van der Waals surface area contributed by atoms with Gasteiger partial charge in [-0.05, 0) is 49.7 Å². The lowest BCUT2D eigenvalue weighted by molar-refractivity contribution is 0.0858. The fourth-order valence-corrected chi connectivity index (χ4v) is 3.52. The van der Waals surface area contributed by atoms with Crippen molar-refractivity contribution in [3.05, 3.63) is 38.9 Å². The number of nitrogens with zero attached hydrogens (tertiary/aromatic N) is 1. The summed E-state index contributed by atoms with van der Waals surface area (Å²) in [5.74, 6) is -0.172. The zero-order valence-corrected chi connectivity index (χ0v) is 15.9. The summed E-state index contributed by atoms with van der Waals surface area (Å²) in [7, 11) is 0. The standard InChI is InChI=1S/C19H25N3O3S/c1-2-3-4-9-22-18(24)15-8-7-13(11-16(15)21-19(22)26)17(23)20-12-14-6-5-10-25-14/h7-8,11,14H,2-6,9-10,12H2,1H3,(H,20,23)(H,21,26). The molecule has 0 aliphatic carbocycles. The number of carbonyl (C=O) groups excluding carboxylic acids is 1. The number of H-pyrrole nitrogens is 1. The second kappa shape index (κ2) is 8.60. The molecule has 7 heteroatoms. The van der Waals surface area contributed by atoms with Crippen molar-refractivity contribution >= 4 is 29.0 Å². The Balaban J connectivity index is 1.80. The molecule has 1 aliphatic rings. The predicted octanol–water partition coefficient (Wildman–Crippen LogP) is 3.16. The highest BCUT2D eigenvalue weighted by atomic mass is 32.1. The van der Waals surface area contributed by atoms with Gasteiger partial charge in [0.15, 0.2) is 4.77 Å². The van der Waals surface area contributed by atoms with Crippen molar-refractivity contribution in [3.8, 4) is 0 Å². The SMILES string of the molecule is CCCCCn1c(=S)[nH]c2cc(C(=O)NCC3CCCO3)ccc2c1=O. The number of hydrogen-bond acceptors (Lipinski definition) is 4. The Morgan fingerprint density at radius 3 is 3.00 bits per heavy atom. The lowest BCUT2D eigenvalue weighted by Gasteiger charge is -2.12. The van der Waals surface area contributed by atoms with Crippen LogP contribution < -0.4 is 10.9 Å². The van der Waals surface area contributed by atoms with Gasteiger partial charge in [0.2, 0.25) is 0 Å². The van der Waals surface area contributed by atoms with Gasteiger partial charge < -0.3 is 15.0 Å². The first kappa shape index (κ1) is 18.8. The van der Waals surface area contributed by atoms with E-state index in [1.165, 1.54) is 0 Å². The molecule has 140 valence electrons. The summed E-state index contributed by atoms with van der Waals surface area (Å²) in [6.45, 7) is 4.00. The van der Waals surface area contributed by atoms with Gasteiger partial charge in [-0.2, -0.15) is 0 Å². The number of aromatic nitrogens is 2. The molecular formula is C19H25N3O3S. The molecule has 1 aliphatic heterocycles. The van der Waals surface area contributed by atoms with E-state index in [0.29, 0.717) is 34.3 Å². The van der Waals surface area contributed by atoms with Gasteiger partial charge in [-0.3, -0.25) is 14.2 Å². The van der Waals surface area contributed by atoms with Crippen LogP contribution in [-0.2, 0) is 11.3 Å². The van der Waals surface area contributed by atoms with Crippen molar-refractivity contribution < 1.29 is 9.53 Å². The summed E-state index contributed by atoms with van der Waals surface area (Å²) in [5.41, 5.74) is 0.993. The van der Waals surface area contributed by atoms with Crippen LogP contribution in [0.5, 0.6) is 0 Å². The molecule has 1 unspecified atom stereocenters. The molecule has 1 atom stereocenters. The van der Waals surface area contributed by atoms with Gasteiger partial charge in [0, 0.05) is 25.3 Å². The molecule has 1 aromatic carbocycles. The minimum atomic E-state index is -0.172. The molecule has 1 amide bonds. The topological polar surface area (TPSA) is 76.1 Å². The molecule has 2 aromatic rings. The van der Waals surface area contributed by atoms with Crippen molar-refractivity contribution in [3.63, 3.8) is 0 Å². The van der Waals surface area contributed by atoms with Gasteiger partial charge in [0.05, 0.1) is 17.0 Å². The Hall–Kier alpha value is -1.99. The van der Waals surface area contributed by atoms with Crippen LogP contribution in [0.2, 0.25) is 0 Å². The summed E-state index contributed by atoms with van der Waals surface area (Å²) < 4.78 is 7.52. The van der Waals surface area contributed by atoms with E-state index in [-0.39, 0.29) is 17.6 Å². The lowest BCUT2D eigenvalue weighted by Crippen LogP contribution is -2.31. The molecule has 6 nitrogen and oxygen atoms in total. The summed E-state index contributed by atoms with van der Waals surface area (Å²) >= 11 is 5.34. The van der Waals surface area contributed by atoms with Gasteiger partial charge in [0.25, 0.3) is 11.5 Å². The Morgan fingerprint density at radius 1 is 1.42 bits per heavy atom. The second-order valence-corrected chi connectivity index (χ2v) is 7.09. The first-order valence-electron chi connectivity index (χ1n) is 9.27. The van der Waals surface area contributed by atoms with Crippen molar-refractivity contribution in [2.24, 2.45) is 0 Å². The molecule has 0 saturated carbocycles. The molecule has 1 fully saturated rings. The Morgan fingerprint density at radius 2 is 2.27 bits per heavy atom. The van der Waals surface area contributed by atoms with Crippen LogP contribution in [0, 0.1) is 4.77 Å². The maximum absolute atomic E-state index is 12.7. The number of ether oxygens (including phenoxy) is 1. The maximum atomic E-state index is 12.7. The number of nitrogens with one attached hydrogen (secondary N) is 2. The van der Waals surface area contributed by atoms with Crippen LogP contribution in [0.3, 0.4) is 0 Å². The van der Waals surface area contributed by atoms with Gasteiger partial charge in [0.1, 0.15) is 0 Å². The van der Waals surface area contributed by atoms with Crippen LogP contribution in [0.25, 0.3) is 10.9 Å². The van der Waals surface area contributed by atoms with E-state index in [1.54, 1.807) is 22.8 Å². The van der Waals surface area contributed by atoms with Crippen LogP contribution in [0.15, 0.2) is 23.0 Å². The monoisotopic (exact) mass is 375 g/mol. The normalized spacial score (nSPS) is 16.9. The lowest BCUT2D eigenvalue weighted by atomic mass is 10.1. The molecule has 26 heavy (non-hydrogen) atoms. The van der Waals surface area contributed by atoms with Crippen molar-refractivity contribution in [2.45, 2.75) is 51.7 Å². The van der Waals surface area contributed by atoms with E-state index in [0.717, 1.165) is 38.7 Å². The largest absolute Gasteiger partial charge is 0.376 e. The van der Waals surface area contributed by atoms with E-state index >= 15 is 0 Å². The summed E-state index contributed by atoms with van der Waals surface area (Å²) in [6, 6.07) is 5.07. The molecule has 1 saturated heterocycles. The quantitative estimate of drug-likeness (QED) is 0.576. The predicted molar refractivity (Wildman–Crippen MR) is 104 cm³/mol. The highest BCUT2D eigenvalue weighted by molar-refractivity contribution is 7.71. The number of amides is 1. The molecule has 1 aromatic heterocycles. The zero-order valence-electron chi connectivity index (χ0n) is 15.0. The average Bonchev–Trinajstić information content (AvgIpc) is 3.15. The number of rotatable bonds is 7. The van der Waals surface area contributed by atoms with E-state index in [9.17, 15) is 9.59 Å². The molecule has 0 spiro atoms. The third kappa shape index (κ3) is 4.22. The third-order valence-corrected chi connectivity index (χ3v) is 5.07. The van der Waals surface area contributed by atoms with Crippen LogP contribution in [0.4, 0.5) is 0 Å². The van der Waals surface area contributed by atoms with Crippen LogP contribution in [-0.4, -0.2) is 34.7 Å². The number of unbranched alkanes of at least 4 members (excludes halogenated alkanes) is 2. The average molecular weight is 375 g/mol. The minimum Gasteiger partial charge on any atom is -0.376 e. The van der Waals surface area contributed by atoms with E-state index in [4.69, 9.17) is 17.0 Å². The molecule has 2 N–H and O–H groups in total. The Kier molecular flexibility index (Phi) is 6.21. The van der Waals surface area contributed by atoms with Gasteiger partial charge in [-0.1, -0.05) is 19.8 Å². The second-order valence-electron chi connectivity index (χ2n) is 6.70. The van der Waals surface area contributed by atoms with E-state index in [2.05, 4.69) is 17.2 Å². The minimum absolute atomic E-state index is 0.0977. The number of carbonyl (C=O) groups is 1. The van der Waals surface area contributed by atoms with Gasteiger partial charge >= 0.3 is 0 Å². The van der Waals surface area contributed by atoms with Crippen molar-refractivity contribution in [2.75, 3.05) is 13.2 Å². The number of hydrogen-bond donors (Lipinski definition) is 2. The first-order chi connectivity index (χ1) is 12.6. The fourth-order valence-electron chi connectivity index (χ4n) is 3.23. The summed E-state index contributed by atoms with van der Waals surface area (Å²) in [6.07, 6.45) is 5.18. The smallest absolute Gasteiger partial charge is 0.262 e. The Labute approximate surface area is 157 Å². The van der Waals surface area contributed by atoms with Crippen LogP contribution in [0.1, 0.15) is 49.4 Å². The molecule has 3 rings (SSSR count). The number of benzene rings is 1. The first-order valence-corrected chi connectivity index (χ1v) is 9.67. The highest BCUT2D eigenvalue weighted by Gasteiger charge is 2.17. The molecular weight excluding hydrogens is 350 g/mol. The third-order valence-electron chi connectivity index (χ3n) is 4.74. The van der Waals surface area contributed by atoms with Crippen molar-refractivity contribution in [1.29, 1.82) is 0 Å². The molecule has 2 heterocycles. The Bertz CT molecular complexity index is 897. The molecule has 0 bridgehead atoms. The van der Waals surface area contributed by atoms with Gasteiger partial charge in [-0.15, -0.1) is 0 Å². The van der Waals surface area contributed by atoms with E-state index in [1.807, 2.05) is 0 Å². The summed E-state index contributed by atoms with van der Waals surface area (Å²) in [5, 5.41) is 3.44. The maximum Gasteiger partial charge on any atom is 0.262 e. The zero-order chi connectivity index (χ0) is 18.5.